The molecule has 94 valence electrons. The Kier molecular flexibility index (Phi) is 2.56. The Labute approximate surface area is 108 Å². The summed E-state index contributed by atoms with van der Waals surface area (Å²) in [7, 11) is 1.19. The number of ether oxygens (including phenoxy) is 1. The molecule has 0 bridgehead atoms. The monoisotopic (exact) mass is 254 g/mol. The maximum atomic E-state index is 11.8. The largest absolute Gasteiger partial charge is 0.463 e. The highest BCUT2D eigenvalue weighted by atomic mass is 16.5. The summed E-state index contributed by atoms with van der Waals surface area (Å²) in [5.74, 6) is -1.53. The second kappa shape index (κ2) is 4.24. The highest BCUT2D eigenvalue weighted by Crippen LogP contribution is 2.29. The number of fused-ring (bicyclic) bond motifs is 3. The molecule has 0 atom stereocenters. The highest BCUT2D eigenvalue weighted by Gasteiger charge is 2.18. The third-order valence-corrected chi connectivity index (χ3v) is 3.01. The minimum atomic E-state index is -0.868. The van der Waals surface area contributed by atoms with Gasteiger partial charge in [0.1, 0.15) is 11.2 Å². The van der Waals surface area contributed by atoms with Crippen LogP contribution in [0, 0.1) is 0 Å². The van der Waals surface area contributed by atoms with Gasteiger partial charge in [-0.1, -0.05) is 18.2 Å². The van der Waals surface area contributed by atoms with Crippen molar-refractivity contribution in [3.8, 4) is 0 Å². The molecule has 3 rings (SSSR count). The second-order valence-electron chi connectivity index (χ2n) is 4.13. The van der Waals surface area contributed by atoms with Crippen LogP contribution in [0.3, 0.4) is 0 Å². The molecular weight excluding hydrogens is 244 g/mol. The fourth-order valence-corrected chi connectivity index (χ4v) is 2.08. The van der Waals surface area contributed by atoms with E-state index in [2.05, 4.69) is 4.74 Å². The minimum absolute atomic E-state index is 0.297. The van der Waals surface area contributed by atoms with E-state index in [1.165, 1.54) is 7.11 Å². The molecule has 4 nitrogen and oxygen atoms in total. The third kappa shape index (κ3) is 1.78. The number of Topliss-reactive ketones (excluding diaryl/α,β-unsaturated/α-hetero) is 1. The molecule has 1 heterocycles. The number of methoxy groups -OCH3 is 1. The molecule has 3 aromatic rings. The Morgan fingerprint density at radius 2 is 1.74 bits per heavy atom. The summed E-state index contributed by atoms with van der Waals surface area (Å²) in [6.45, 7) is 0. The number of benzene rings is 2. The van der Waals surface area contributed by atoms with Crippen LogP contribution in [0.5, 0.6) is 0 Å². The molecule has 0 saturated carbocycles. The first-order valence-electron chi connectivity index (χ1n) is 5.74. The number of hydrogen-bond acceptors (Lipinski definition) is 4. The molecule has 0 aliphatic heterocycles. The first-order valence-corrected chi connectivity index (χ1v) is 5.74. The number of furan rings is 1. The van der Waals surface area contributed by atoms with Gasteiger partial charge in [-0.2, -0.15) is 0 Å². The number of esters is 1. The van der Waals surface area contributed by atoms with E-state index >= 15 is 0 Å². The van der Waals surface area contributed by atoms with Crippen LogP contribution in [-0.4, -0.2) is 18.9 Å². The number of ketones is 1. The van der Waals surface area contributed by atoms with Crippen LogP contribution >= 0.6 is 0 Å². The van der Waals surface area contributed by atoms with Crippen molar-refractivity contribution in [1.29, 1.82) is 0 Å². The van der Waals surface area contributed by atoms with E-state index < -0.39 is 11.8 Å². The van der Waals surface area contributed by atoms with Crippen LogP contribution in [-0.2, 0) is 9.53 Å². The van der Waals surface area contributed by atoms with E-state index in [1.54, 1.807) is 18.2 Å². The third-order valence-electron chi connectivity index (χ3n) is 3.01. The van der Waals surface area contributed by atoms with Gasteiger partial charge in [-0.05, 0) is 24.3 Å². The van der Waals surface area contributed by atoms with Gasteiger partial charge in [0, 0.05) is 16.3 Å². The van der Waals surface area contributed by atoms with Crippen molar-refractivity contribution in [3.05, 3.63) is 48.0 Å². The molecule has 0 N–H and O–H groups in total. The predicted octanol–water partition coefficient (Wildman–Crippen LogP) is 2.94. The highest BCUT2D eigenvalue weighted by molar-refractivity contribution is 6.41. The summed E-state index contributed by atoms with van der Waals surface area (Å²) in [5, 5.41) is 1.72. The maximum Gasteiger partial charge on any atom is 0.379 e. The smallest absolute Gasteiger partial charge is 0.379 e. The normalized spacial score (nSPS) is 10.8. The van der Waals surface area contributed by atoms with Gasteiger partial charge in [0.25, 0.3) is 5.78 Å². The van der Waals surface area contributed by atoms with Gasteiger partial charge in [0.15, 0.2) is 0 Å². The van der Waals surface area contributed by atoms with Gasteiger partial charge in [0.05, 0.1) is 7.11 Å². The van der Waals surface area contributed by atoms with Crippen LogP contribution in [0.4, 0.5) is 0 Å². The summed E-state index contributed by atoms with van der Waals surface area (Å²) in [6, 6.07) is 12.4. The molecule has 0 aliphatic carbocycles. The Bertz CT molecular complexity index is 798. The molecule has 19 heavy (non-hydrogen) atoms. The average Bonchev–Trinajstić information content (AvgIpc) is 2.83. The van der Waals surface area contributed by atoms with Gasteiger partial charge in [-0.25, -0.2) is 4.79 Å². The predicted molar refractivity (Wildman–Crippen MR) is 70.1 cm³/mol. The first kappa shape index (κ1) is 11.5. The fraction of sp³-hybridized carbons (Fsp3) is 0.0667. The zero-order valence-electron chi connectivity index (χ0n) is 10.2. The van der Waals surface area contributed by atoms with Crippen molar-refractivity contribution in [3.63, 3.8) is 0 Å². The van der Waals surface area contributed by atoms with Gasteiger partial charge in [0.2, 0.25) is 0 Å². The van der Waals surface area contributed by atoms with Crippen LogP contribution in [0.2, 0.25) is 0 Å². The summed E-state index contributed by atoms with van der Waals surface area (Å²) in [6.07, 6.45) is 0. The average molecular weight is 254 g/mol. The SMILES string of the molecule is COC(=O)C(=O)c1ccc2oc3ccccc3c2c1. The molecular formula is C15H10O4. The molecule has 0 spiro atoms. The van der Waals surface area contributed by atoms with Gasteiger partial charge >= 0.3 is 5.97 Å². The fourth-order valence-electron chi connectivity index (χ4n) is 2.08. The molecule has 0 aliphatic rings. The van der Waals surface area contributed by atoms with E-state index in [0.717, 1.165) is 16.4 Å². The van der Waals surface area contributed by atoms with Crippen LogP contribution < -0.4 is 0 Å². The lowest BCUT2D eigenvalue weighted by atomic mass is 10.1. The Hall–Kier alpha value is -2.62. The molecule has 0 unspecified atom stereocenters. The molecule has 0 radical (unpaired) electrons. The van der Waals surface area contributed by atoms with Gasteiger partial charge < -0.3 is 9.15 Å². The number of para-hydroxylation sites is 1. The molecule has 0 amide bonds. The van der Waals surface area contributed by atoms with E-state index in [-0.39, 0.29) is 0 Å². The van der Waals surface area contributed by atoms with Crippen LogP contribution in [0.15, 0.2) is 46.9 Å². The second-order valence-corrected chi connectivity index (χ2v) is 4.13. The van der Waals surface area contributed by atoms with Crippen molar-refractivity contribution in [2.75, 3.05) is 7.11 Å². The van der Waals surface area contributed by atoms with E-state index in [1.807, 2.05) is 24.3 Å². The van der Waals surface area contributed by atoms with Crippen molar-refractivity contribution in [1.82, 2.24) is 0 Å². The van der Waals surface area contributed by atoms with Gasteiger partial charge in [-0.3, -0.25) is 4.79 Å². The Morgan fingerprint density at radius 3 is 2.53 bits per heavy atom. The maximum absolute atomic E-state index is 11.8. The van der Waals surface area contributed by atoms with Crippen molar-refractivity contribution in [2.45, 2.75) is 0 Å². The topological polar surface area (TPSA) is 56.5 Å². The summed E-state index contributed by atoms with van der Waals surface area (Å²) in [5.41, 5.74) is 1.73. The number of carbonyl (C=O) groups excluding carboxylic acids is 2. The van der Waals surface area contributed by atoms with Crippen LogP contribution in [0.25, 0.3) is 21.9 Å². The number of hydrogen-bond donors (Lipinski definition) is 0. The summed E-state index contributed by atoms with van der Waals surface area (Å²) >= 11 is 0. The summed E-state index contributed by atoms with van der Waals surface area (Å²) in [4.78, 5) is 23.0. The lowest BCUT2D eigenvalue weighted by molar-refractivity contribution is -0.135. The van der Waals surface area contributed by atoms with Crippen molar-refractivity contribution in [2.24, 2.45) is 0 Å². The minimum Gasteiger partial charge on any atom is -0.463 e. The van der Waals surface area contributed by atoms with Crippen LogP contribution in [0.1, 0.15) is 10.4 Å². The zero-order valence-corrected chi connectivity index (χ0v) is 10.2. The molecule has 1 aromatic heterocycles. The number of rotatable bonds is 2. The quantitative estimate of drug-likeness (QED) is 0.401. The van der Waals surface area contributed by atoms with Crippen molar-refractivity contribution >= 4 is 33.7 Å². The molecule has 2 aromatic carbocycles. The van der Waals surface area contributed by atoms with E-state index in [0.29, 0.717) is 11.1 Å². The molecule has 0 saturated heterocycles. The molecule has 4 heteroatoms. The lowest BCUT2D eigenvalue weighted by Crippen LogP contribution is -2.15. The first-order chi connectivity index (χ1) is 9.20. The zero-order chi connectivity index (χ0) is 13.4. The van der Waals surface area contributed by atoms with Gasteiger partial charge in [-0.15, -0.1) is 0 Å². The summed E-state index contributed by atoms with van der Waals surface area (Å²) < 4.78 is 10.1. The molecule has 0 fully saturated rings. The van der Waals surface area contributed by atoms with Crippen molar-refractivity contribution < 1.29 is 18.7 Å². The number of carbonyl (C=O) groups is 2. The standard InChI is InChI=1S/C15H10O4/c1-18-15(17)14(16)9-6-7-13-11(8-9)10-4-2-3-5-12(10)19-13/h2-8H,1H3. The van der Waals surface area contributed by atoms with E-state index in [9.17, 15) is 9.59 Å². The Balaban J connectivity index is 2.22. The lowest BCUT2D eigenvalue weighted by Gasteiger charge is -1.98. The Morgan fingerprint density at radius 1 is 1.00 bits per heavy atom. The van der Waals surface area contributed by atoms with E-state index in [4.69, 9.17) is 4.42 Å².